The van der Waals surface area contributed by atoms with E-state index in [1.54, 1.807) is 24.3 Å². The summed E-state index contributed by atoms with van der Waals surface area (Å²) in [6.07, 6.45) is 0. The summed E-state index contributed by atoms with van der Waals surface area (Å²) in [5, 5.41) is 15.9. The van der Waals surface area contributed by atoms with E-state index in [1.807, 2.05) is 0 Å². The van der Waals surface area contributed by atoms with Crippen LogP contribution >= 0.6 is 11.6 Å². The fourth-order valence-electron chi connectivity index (χ4n) is 1.89. The normalized spacial score (nSPS) is 12.8. The second kappa shape index (κ2) is 3.92. The number of phenols is 1. The number of hydrogen-bond donors (Lipinski definition) is 3. The zero-order valence-electron chi connectivity index (χ0n) is 9.20. The van der Waals surface area contributed by atoms with E-state index < -0.39 is 0 Å². The predicted octanol–water partition coefficient (Wildman–Crippen LogP) is 3.35. The number of carbonyl (C=O) groups is 1. The Labute approximate surface area is 108 Å². The molecule has 0 fully saturated rings. The first-order chi connectivity index (χ1) is 8.63. The Hall–Kier alpha value is -2.20. The van der Waals surface area contributed by atoms with Gasteiger partial charge in [0.1, 0.15) is 5.75 Å². The quantitative estimate of drug-likeness (QED) is 0.637. The summed E-state index contributed by atoms with van der Waals surface area (Å²) in [6, 6.07) is 9.82. The highest BCUT2D eigenvalue weighted by Gasteiger charge is 2.19. The van der Waals surface area contributed by atoms with Gasteiger partial charge in [0.15, 0.2) is 0 Å². The number of rotatable bonds is 0. The molecule has 0 bridgehead atoms. The minimum atomic E-state index is -0.283. The van der Waals surface area contributed by atoms with Gasteiger partial charge in [-0.1, -0.05) is 11.6 Å². The lowest BCUT2D eigenvalue weighted by Gasteiger charge is -2.08. The average Bonchev–Trinajstić information content (AvgIpc) is 2.46. The molecule has 0 spiro atoms. The summed E-state index contributed by atoms with van der Waals surface area (Å²) >= 11 is 5.90. The van der Waals surface area contributed by atoms with Gasteiger partial charge in [0.25, 0.3) is 5.91 Å². The molecule has 18 heavy (non-hydrogen) atoms. The molecule has 1 aliphatic heterocycles. The molecule has 0 radical (unpaired) electrons. The van der Waals surface area contributed by atoms with Gasteiger partial charge in [-0.05, 0) is 36.4 Å². The first-order valence-corrected chi connectivity index (χ1v) is 5.72. The maximum absolute atomic E-state index is 12.0. The van der Waals surface area contributed by atoms with Gasteiger partial charge in [0.2, 0.25) is 0 Å². The molecule has 5 heteroatoms. The third kappa shape index (κ3) is 1.76. The molecule has 0 unspecified atom stereocenters. The minimum absolute atomic E-state index is 0.0506. The van der Waals surface area contributed by atoms with E-state index in [0.29, 0.717) is 22.0 Å². The lowest BCUT2D eigenvalue weighted by molar-refractivity contribution is 0.102. The van der Waals surface area contributed by atoms with Gasteiger partial charge in [-0.3, -0.25) is 4.79 Å². The molecule has 90 valence electrons. The van der Waals surface area contributed by atoms with Crippen molar-refractivity contribution in [2.45, 2.75) is 0 Å². The molecule has 3 N–H and O–H groups in total. The second-order valence-electron chi connectivity index (χ2n) is 4.00. The summed E-state index contributed by atoms with van der Waals surface area (Å²) in [7, 11) is 0. The number of hydrogen-bond acceptors (Lipinski definition) is 3. The van der Waals surface area contributed by atoms with Crippen LogP contribution in [0.3, 0.4) is 0 Å². The first kappa shape index (κ1) is 10.9. The van der Waals surface area contributed by atoms with Gasteiger partial charge < -0.3 is 15.7 Å². The zero-order chi connectivity index (χ0) is 12.7. The predicted molar refractivity (Wildman–Crippen MR) is 70.8 cm³/mol. The molecule has 2 aromatic rings. The molecule has 1 aliphatic rings. The van der Waals surface area contributed by atoms with E-state index in [9.17, 15) is 9.90 Å². The molecular formula is C13H9ClN2O2. The number of anilines is 3. The summed E-state index contributed by atoms with van der Waals surface area (Å²) in [5.41, 5.74) is 2.41. The number of nitrogens with one attached hydrogen (secondary N) is 2. The Morgan fingerprint density at radius 1 is 0.944 bits per heavy atom. The Kier molecular flexibility index (Phi) is 2.38. The van der Waals surface area contributed by atoms with Crippen LogP contribution in [0.2, 0.25) is 5.02 Å². The van der Waals surface area contributed by atoms with Crippen LogP contribution < -0.4 is 10.6 Å². The van der Waals surface area contributed by atoms with Gasteiger partial charge in [0, 0.05) is 5.02 Å². The average molecular weight is 261 g/mol. The van der Waals surface area contributed by atoms with E-state index in [2.05, 4.69) is 10.6 Å². The van der Waals surface area contributed by atoms with Crippen LogP contribution in [0.1, 0.15) is 10.4 Å². The highest BCUT2D eigenvalue weighted by atomic mass is 35.5. The van der Waals surface area contributed by atoms with Crippen LogP contribution in [0.5, 0.6) is 5.75 Å². The topological polar surface area (TPSA) is 61.4 Å². The van der Waals surface area contributed by atoms with Crippen molar-refractivity contribution in [2.75, 3.05) is 10.6 Å². The molecule has 4 nitrogen and oxygen atoms in total. The van der Waals surface area contributed by atoms with E-state index in [-0.39, 0.29) is 11.7 Å². The monoisotopic (exact) mass is 260 g/mol. The highest BCUT2D eigenvalue weighted by Crippen LogP contribution is 2.34. The smallest absolute Gasteiger partial charge is 0.257 e. The van der Waals surface area contributed by atoms with Crippen molar-refractivity contribution < 1.29 is 9.90 Å². The van der Waals surface area contributed by atoms with Gasteiger partial charge in [-0.2, -0.15) is 0 Å². The lowest BCUT2D eigenvalue weighted by atomic mass is 10.1. The lowest BCUT2D eigenvalue weighted by Crippen LogP contribution is -2.10. The summed E-state index contributed by atoms with van der Waals surface area (Å²) < 4.78 is 0. The van der Waals surface area contributed by atoms with Gasteiger partial charge in [-0.15, -0.1) is 0 Å². The van der Waals surface area contributed by atoms with Gasteiger partial charge in [0.05, 0.1) is 22.6 Å². The maximum Gasteiger partial charge on any atom is 0.257 e. The molecular weight excluding hydrogens is 252 g/mol. The van der Waals surface area contributed by atoms with E-state index >= 15 is 0 Å². The molecule has 1 heterocycles. The van der Waals surface area contributed by atoms with Crippen molar-refractivity contribution >= 4 is 34.6 Å². The third-order valence-electron chi connectivity index (χ3n) is 2.75. The number of amides is 1. The van der Waals surface area contributed by atoms with Crippen molar-refractivity contribution in [3.05, 3.63) is 47.0 Å². The number of fused-ring (bicyclic) bond motifs is 2. The number of aromatic hydroxyl groups is 1. The van der Waals surface area contributed by atoms with Crippen LogP contribution in [0, 0.1) is 0 Å². The van der Waals surface area contributed by atoms with Gasteiger partial charge in [-0.25, -0.2) is 0 Å². The van der Waals surface area contributed by atoms with Crippen LogP contribution in [-0.4, -0.2) is 11.0 Å². The van der Waals surface area contributed by atoms with Crippen LogP contribution in [0.25, 0.3) is 0 Å². The summed E-state index contributed by atoms with van der Waals surface area (Å²) in [6.45, 7) is 0. The van der Waals surface area contributed by atoms with Crippen molar-refractivity contribution in [1.29, 1.82) is 0 Å². The van der Waals surface area contributed by atoms with Crippen molar-refractivity contribution in [3.8, 4) is 5.75 Å². The third-order valence-corrected chi connectivity index (χ3v) is 2.98. The standard InChI is InChI=1S/C13H9ClN2O2/c14-7-1-3-11-12(5-7)16-13(18)9-6-8(17)2-4-10(9)15-11/h1-6,15,17H,(H,16,18). The number of carbonyl (C=O) groups excluding carboxylic acids is 1. The number of benzene rings is 2. The Morgan fingerprint density at radius 2 is 1.72 bits per heavy atom. The van der Waals surface area contributed by atoms with Crippen LogP contribution in [0.4, 0.5) is 17.1 Å². The van der Waals surface area contributed by atoms with Gasteiger partial charge >= 0.3 is 0 Å². The zero-order valence-corrected chi connectivity index (χ0v) is 9.95. The number of phenolic OH excluding ortho intramolecular Hbond substituents is 1. The SMILES string of the molecule is O=C1Nc2cc(Cl)ccc2Nc2ccc(O)cc21. The molecule has 0 saturated heterocycles. The van der Waals surface area contributed by atoms with E-state index in [1.165, 1.54) is 12.1 Å². The maximum atomic E-state index is 12.0. The summed E-state index contributed by atoms with van der Waals surface area (Å²) in [5.74, 6) is -0.232. The largest absolute Gasteiger partial charge is 0.508 e. The van der Waals surface area contributed by atoms with E-state index in [0.717, 1.165) is 5.69 Å². The molecule has 0 atom stereocenters. The summed E-state index contributed by atoms with van der Waals surface area (Å²) in [4.78, 5) is 12.0. The fourth-order valence-corrected chi connectivity index (χ4v) is 2.06. The Balaban J connectivity index is 2.16. The first-order valence-electron chi connectivity index (χ1n) is 5.34. The molecule has 0 saturated carbocycles. The Morgan fingerprint density at radius 3 is 2.56 bits per heavy atom. The van der Waals surface area contributed by atoms with Crippen molar-refractivity contribution in [2.24, 2.45) is 0 Å². The highest BCUT2D eigenvalue weighted by molar-refractivity contribution is 6.31. The van der Waals surface area contributed by atoms with Crippen LogP contribution in [0.15, 0.2) is 36.4 Å². The molecule has 3 rings (SSSR count). The van der Waals surface area contributed by atoms with Crippen molar-refractivity contribution in [3.63, 3.8) is 0 Å². The molecule has 0 aromatic heterocycles. The van der Waals surface area contributed by atoms with Crippen LogP contribution in [-0.2, 0) is 0 Å². The number of halogens is 1. The second-order valence-corrected chi connectivity index (χ2v) is 4.44. The fraction of sp³-hybridized carbons (Fsp3) is 0. The molecule has 1 amide bonds. The van der Waals surface area contributed by atoms with E-state index in [4.69, 9.17) is 11.6 Å². The Bertz CT molecular complexity index is 655. The minimum Gasteiger partial charge on any atom is -0.508 e. The molecule has 0 aliphatic carbocycles. The van der Waals surface area contributed by atoms with Crippen molar-refractivity contribution in [1.82, 2.24) is 0 Å². The molecule has 2 aromatic carbocycles.